The Kier molecular flexibility index (Phi) is 7.56. The molecule has 178 valence electrons. The van der Waals surface area contributed by atoms with Gasteiger partial charge in [0.25, 0.3) is 0 Å². The number of hydrogen-bond donors (Lipinski definition) is 0. The number of hydrogen-bond acceptors (Lipinski definition) is 7. The molecule has 0 N–H and O–H groups in total. The van der Waals surface area contributed by atoms with E-state index in [0.717, 1.165) is 75.4 Å². The zero-order chi connectivity index (χ0) is 22.5. The molecule has 5 rings (SSSR count). The Morgan fingerprint density at radius 2 is 1.91 bits per heavy atom. The van der Waals surface area contributed by atoms with E-state index in [1.807, 2.05) is 30.3 Å². The summed E-state index contributed by atoms with van der Waals surface area (Å²) in [7, 11) is 0. The van der Waals surface area contributed by atoms with E-state index in [-0.39, 0.29) is 12.6 Å². The quantitative estimate of drug-likeness (QED) is 0.527. The minimum absolute atomic E-state index is 0.190. The monoisotopic (exact) mass is 474 g/mol. The first-order chi connectivity index (χ1) is 16.2. The second-order valence-electron chi connectivity index (χ2n) is 8.77. The van der Waals surface area contributed by atoms with Gasteiger partial charge >= 0.3 is 0 Å². The van der Waals surface area contributed by atoms with Gasteiger partial charge in [0.05, 0.1) is 13.2 Å². The third-order valence-corrected chi connectivity index (χ3v) is 7.61. The van der Waals surface area contributed by atoms with Gasteiger partial charge in [0.1, 0.15) is 17.5 Å². The van der Waals surface area contributed by atoms with Gasteiger partial charge in [0, 0.05) is 31.6 Å². The van der Waals surface area contributed by atoms with Gasteiger partial charge in [-0.2, -0.15) is 0 Å². The molecule has 2 aromatic carbocycles. The number of piperidine rings is 1. The summed E-state index contributed by atoms with van der Waals surface area (Å²) in [5, 5.41) is 0. The Hall–Kier alpha value is -2.00. The number of halogens is 1. The third kappa shape index (κ3) is 5.93. The molecule has 2 fully saturated rings. The first kappa shape index (κ1) is 22.8. The van der Waals surface area contributed by atoms with Gasteiger partial charge in [0.2, 0.25) is 6.79 Å². The van der Waals surface area contributed by atoms with Crippen molar-refractivity contribution in [3.63, 3.8) is 0 Å². The minimum Gasteiger partial charge on any atom is -0.493 e. The molecule has 3 heterocycles. The highest BCUT2D eigenvalue weighted by atomic mass is 32.2. The van der Waals surface area contributed by atoms with Crippen LogP contribution in [0.5, 0.6) is 17.2 Å². The van der Waals surface area contributed by atoms with Crippen LogP contribution in [-0.4, -0.2) is 67.9 Å². The van der Waals surface area contributed by atoms with Crippen LogP contribution in [0.4, 0.5) is 4.39 Å². The normalized spacial score (nSPS) is 23.5. The van der Waals surface area contributed by atoms with E-state index in [4.69, 9.17) is 18.9 Å². The summed E-state index contributed by atoms with van der Waals surface area (Å²) in [5.74, 6) is 3.53. The van der Waals surface area contributed by atoms with Crippen molar-refractivity contribution in [2.75, 3.05) is 58.7 Å². The van der Waals surface area contributed by atoms with E-state index in [1.54, 1.807) is 24.1 Å². The van der Waals surface area contributed by atoms with Gasteiger partial charge in [-0.25, -0.2) is 8.70 Å². The molecular weight excluding hydrogens is 443 g/mol. The highest BCUT2D eigenvalue weighted by molar-refractivity contribution is 7.96. The maximum atomic E-state index is 13.5. The molecule has 2 aromatic rings. The lowest BCUT2D eigenvalue weighted by Gasteiger charge is -2.39. The van der Waals surface area contributed by atoms with Crippen LogP contribution >= 0.6 is 11.9 Å². The number of nitrogens with zero attached hydrogens (tertiary/aromatic N) is 2. The van der Waals surface area contributed by atoms with Crippen molar-refractivity contribution < 1.29 is 23.3 Å². The van der Waals surface area contributed by atoms with Crippen LogP contribution in [0.25, 0.3) is 0 Å². The highest BCUT2D eigenvalue weighted by Crippen LogP contribution is 2.37. The summed E-state index contributed by atoms with van der Waals surface area (Å²) in [5.41, 5.74) is 1.19. The van der Waals surface area contributed by atoms with Crippen molar-refractivity contribution >= 4 is 11.9 Å². The summed E-state index contributed by atoms with van der Waals surface area (Å²) < 4.78 is 38.5. The summed E-state index contributed by atoms with van der Waals surface area (Å²) in [6.07, 6.45) is 2.19. The molecule has 0 unspecified atom stereocenters. The zero-order valence-corrected chi connectivity index (χ0v) is 19.6. The van der Waals surface area contributed by atoms with Gasteiger partial charge in [0.15, 0.2) is 11.5 Å². The molecule has 3 aliphatic heterocycles. The molecule has 6 nitrogen and oxygen atoms in total. The van der Waals surface area contributed by atoms with E-state index in [2.05, 4.69) is 9.21 Å². The van der Waals surface area contributed by atoms with Gasteiger partial charge in [-0.15, -0.1) is 0 Å². The zero-order valence-electron chi connectivity index (χ0n) is 18.8. The smallest absolute Gasteiger partial charge is 0.231 e. The van der Waals surface area contributed by atoms with Gasteiger partial charge in [-0.05, 0) is 61.7 Å². The van der Waals surface area contributed by atoms with Crippen molar-refractivity contribution in [2.24, 2.45) is 5.92 Å². The molecule has 33 heavy (non-hydrogen) atoms. The van der Waals surface area contributed by atoms with Crippen LogP contribution in [0.15, 0.2) is 42.5 Å². The fourth-order valence-corrected chi connectivity index (χ4v) is 5.65. The predicted octanol–water partition coefficient (Wildman–Crippen LogP) is 4.37. The molecule has 3 aliphatic rings. The highest BCUT2D eigenvalue weighted by Gasteiger charge is 2.31. The molecule has 2 saturated heterocycles. The molecule has 0 aromatic heterocycles. The minimum atomic E-state index is -0.190. The van der Waals surface area contributed by atoms with Crippen molar-refractivity contribution in [1.82, 2.24) is 9.21 Å². The fraction of sp³-hybridized carbons (Fsp3) is 0.520. The molecule has 8 heteroatoms. The first-order valence-corrected chi connectivity index (χ1v) is 12.6. The number of benzene rings is 2. The largest absolute Gasteiger partial charge is 0.493 e. The molecular formula is C25H31FN2O4S. The first-order valence-electron chi connectivity index (χ1n) is 11.7. The van der Waals surface area contributed by atoms with Gasteiger partial charge < -0.3 is 23.8 Å². The summed E-state index contributed by atoms with van der Waals surface area (Å²) in [4.78, 5) is 2.55. The standard InChI is InChI=1S/C25H31FN2O4S/c26-21-4-2-19(3-5-21)23-8-11-27(9-1-10-28-12-13-29-18-33-28)15-20(23)16-30-22-6-7-24-25(14-22)32-17-31-24/h2-7,14,20,23H,1,8-13,15-18H2/t20-,23-/m1/s1. The fourth-order valence-electron chi connectivity index (χ4n) is 4.85. The van der Waals surface area contributed by atoms with Gasteiger partial charge in [-0.3, -0.25) is 0 Å². The van der Waals surface area contributed by atoms with Crippen LogP contribution in [0.1, 0.15) is 24.3 Å². The number of rotatable bonds is 8. The van der Waals surface area contributed by atoms with Crippen molar-refractivity contribution in [1.29, 1.82) is 0 Å². The van der Waals surface area contributed by atoms with Crippen molar-refractivity contribution in [3.8, 4) is 17.2 Å². The maximum Gasteiger partial charge on any atom is 0.231 e. The lowest BCUT2D eigenvalue weighted by molar-refractivity contribution is 0.106. The Labute approximate surface area is 199 Å². The lowest BCUT2D eigenvalue weighted by Crippen LogP contribution is -2.43. The van der Waals surface area contributed by atoms with Crippen LogP contribution in [0.3, 0.4) is 0 Å². The van der Waals surface area contributed by atoms with E-state index in [1.165, 1.54) is 5.56 Å². The lowest BCUT2D eigenvalue weighted by atomic mass is 9.80. The second-order valence-corrected chi connectivity index (χ2v) is 9.78. The Morgan fingerprint density at radius 1 is 1.03 bits per heavy atom. The molecule has 0 radical (unpaired) electrons. The topological polar surface area (TPSA) is 43.4 Å². The summed E-state index contributed by atoms with van der Waals surface area (Å²) in [6, 6.07) is 12.7. The van der Waals surface area contributed by atoms with Crippen LogP contribution in [0, 0.1) is 11.7 Å². The van der Waals surface area contributed by atoms with Crippen LogP contribution < -0.4 is 14.2 Å². The van der Waals surface area contributed by atoms with E-state index in [0.29, 0.717) is 18.4 Å². The number of fused-ring (bicyclic) bond motifs is 1. The second kappa shape index (κ2) is 11.0. The molecule has 0 spiro atoms. The van der Waals surface area contributed by atoms with Crippen molar-refractivity contribution in [2.45, 2.75) is 18.8 Å². The van der Waals surface area contributed by atoms with E-state index in [9.17, 15) is 4.39 Å². The molecule has 0 amide bonds. The average Bonchev–Trinajstić information content (AvgIpc) is 3.32. The Bertz CT molecular complexity index is 910. The molecule has 0 saturated carbocycles. The maximum absolute atomic E-state index is 13.5. The van der Waals surface area contributed by atoms with Gasteiger partial charge in [-0.1, -0.05) is 24.1 Å². The average molecular weight is 475 g/mol. The van der Waals surface area contributed by atoms with E-state index >= 15 is 0 Å². The Morgan fingerprint density at radius 3 is 2.76 bits per heavy atom. The molecule has 0 bridgehead atoms. The third-order valence-electron chi connectivity index (χ3n) is 6.61. The molecule has 0 aliphatic carbocycles. The Balaban J connectivity index is 1.21. The van der Waals surface area contributed by atoms with E-state index < -0.39 is 0 Å². The number of likely N-dealkylation sites (tertiary alicyclic amines) is 1. The SMILES string of the molecule is Fc1ccc([C@H]2CCN(CCCN3CCOCS3)C[C@@H]2COc2ccc3c(c2)OCO3)cc1. The predicted molar refractivity (Wildman–Crippen MR) is 126 cm³/mol. The summed E-state index contributed by atoms with van der Waals surface area (Å²) >= 11 is 1.79. The van der Waals surface area contributed by atoms with Crippen molar-refractivity contribution in [3.05, 3.63) is 53.8 Å². The van der Waals surface area contributed by atoms with Crippen LogP contribution in [-0.2, 0) is 4.74 Å². The summed E-state index contributed by atoms with van der Waals surface area (Å²) in [6.45, 7) is 6.89. The van der Waals surface area contributed by atoms with Crippen LogP contribution in [0.2, 0.25) is 0 Å². The molecule has 2 atom stereocenters. The number of ether oxygens (including phenoxy) is 4.